The van der Waals surface area contributed by atoms with Crippen molar-refractivity contribution in [2.24, 2.45) is 0 Å². The zero-order valence-corrected chi connectivity index (χ0v) is 9.71. The van der Waals surface area contributed by atoms with Crippen LogP contribution < -0.4 is 10.9 Å². The number of phenolic OH excluding ortho intramolecular Hbond substituents is 1. The SMILES string of the molecule is O=c1cc(-c2ccc(O)cc2)oc2c(=O)cc[nH]c12. The fraction of sp³-hybridized carbons (Fsp3) is 0. The van der Waals surface area contributed by atoms with E-state index in [1.165, 1.54) is 30.5 Å². The van der Waals surface area contributed by atoms with Gasteiger partial charge in [-0.05, 0) is 24.3 Å². The minimum absolute atomic E-state index is 0.00178. The molecule has 0 aliphatic heterocycles. The number of hydrogen-bond acceptors (Lipinski definition) is 4. The lowest BCUT2D eigenvalue weighted by Crippen LogP contribution is -2.09. The van der Waals surface area contributed by atoms with Crippen LogP contribution in [-0.2, 0) is 0 Å². The Labute approximate surface area is 106 Å². The zero-order valence-electron chi connectivity index (χ0n) is 9.71. The number of rotatable bonds is 1. The molecule has 0 unspecified atom stereocenters. The quantitative estimate of drug-likeness (QED) is 0.695. The summed E-state index contributed by atoms with van der Waals surface area (Å²) < 4.78 is 5.47. The number of nitrogens with one attached hydrogen (secondary N) is 1. The van der Waals surface area contributed by atoms with Gasteiger partial charge in [-0.25, -0.2) is 0 Å². The normalized spacial score (nSPS) is 10.7. The van der Waals surface area contributed by atoms with Gasteiger partial charge in [-0.2, -0.15) is 0 Å². The summed E-state index contributed by atoms with van der Waals surface area (Å²) in [6.07, 6.45) is 1.40. The maximum atomic E-state index is 11.9. The molecule has 0 aliphatic rings. The molecule has 94 valence electrons. The van der Waals surface area contributed by atoms with Gasteiger partial charge in [0.2, 0.25) is 16.4 Å². The number of phenols is 1. The van der Waals surface area contributed by atoms with Crippen LogP contribution >= 0.6 is 0 Å². The number of benzene rings is 1. The molecular formula is C14H9NO4. The molecule has 5 nitrogen and oxygen atoms in total. The van der Waals surface area contributed by atoms with Gasteiger partial charge in [-0.15, -0.1) is 0 Å². The Kier molecular flexibility index (Phi) is 2.45. The van der Waals surface area contributed by atoms with Crippen LogP contribution in [0.4, 0.5) is 0 Å². The van der Waals surface area contributed by atoms with Crippen molar-refractivity contribution < 1.29 is 9.52 Å². The topological polar surface area (TPSA) is 83.3 Å². The molecule has 0 bridgehead atoms. The van der Waals surface area contributed by atoms with Crippen LogP contribution in [-0.4, -0.2) is 10.1 Å². The average molecular weight is 255 g/mol. The molecule has 0 aliphatic carbocycles. The molecular weight excluding hydrogens is 246 g/mol. The van der Waals surface area contributed by atoms with Crippen LogP contribution in [0.5, 0.6) is 5.75 Å². The molecule has 3 aromatic rings. The second kappa shape index (κ2) is 4.13. The van der Waals surface area contributed by atoms with Crippen LogP contribution in [0.2, 0.25) is 0 Å². The summed E-state index contributed by atoms with van der Waals surface area (Å²) in [5.74, 6) is 0.402. The van der Waals surface area contributed by atoms with Gasteiger partial charge < -0.3 is 14.5 Å². The fourth-order valence-corrected chi connectivity index (χ4v) is 1.85. The Morgan fingerprint density at radius 2 is 1.74 bits per heavy atom. The van der Waals surface area contributed by atoms with Crippen molar-refractivity contribution in [3.63, 3.8) is 0 Å². The van der Waals surface area contributed by atoms with Crippen molar-refractivity contribution in [3.8, 4) is 17.1 Å². The Hall–Kier alpha value is -2.82. The molecule has 2 aromatic heterocycles. The highest BCUT2D eigenvalue weighted by atomic mass is 16.3. The van der Waals surface area contributed by atoms with Gasteiger partial charge in [-0.1, -0.05) is 0 Å². The third kappa shape index (κ3) is 1.91. The first-order valence-corrected chi connectivity index (χ1v) is 5.60. The summed E-state index contributed by atoms with van der Waals surface area (Å²) in [5, 5.41) is 9.23. The number of pyridine rings is 1. The third-order valence-corrected chi connectivity index (χ3v) is 2.79. The number of H-pyrrole nitrogens is 1. The maximum Gasteiger partial charge on any atom is 0.224 e. The van der Waals surface area contributed by atoms with E-state index in [1.807, 2.05) is 0 Å². The number of hydrogen-bond donors (Lipinski definition) is 2. The van der Waals surface area contributed by atoms with Crippen molar-refractivity contribution in [1.29, 1.82) is 0 Å². The van der Waals surface area contributed by atoms with E-state index in [4.69, 9.17) is 4.42 Å². The van der Waals surface area contributed by atoms with Gasteiger partial charge in [-0.3, -0.25) is 9.59 Å². The van der Waals surface area contributed by atoms with E-state index in [2.05, 4.69) is 4.98 Å². The molecule has 1 aromatic carbocycles. The highest BCUT2D eigenvalue weighted by molar-refractivity contribution is 5.74. The zero-order chi connectivity index (χ0) is 13.4. The largest absolute Gasteiger partial charge is 0.508 e. The molecule has 2 heterocycles. The molecule has 5 heteroatoms. The van der Waals surface area contributed by atoms with Crippen LogP contribution in [0.3, 0.4) is 0 Å². The van der Waals surface area contributed by atoms with Gasteiger partial charge >= 0.3 is 0 Å². The summed E-state index contributed by atoms with van der Waals surface area (Å²) in [4.78, 5) is 26.3. The van der Waals surface area contributed by atoms with Crippen molar-refractivity contribution in [3.05, 3.63) is 63.0 Å². The monoisotopic (exact) mass is 255 g/mol. The van der Waals surface area contributed by atoms with E-state index in [9.17, 15) is 14.7 Å². The highest BCUT2D eigenvalue weighted by Crippen LogP contribution is 2.22. The first kappa shape index (κ1) is 11.3. The van der Waals surface area contributed by atoms with E-state index in [-0.39, 0.29) is 33.5 Å². The summed E-state index contributed by atoms with van der Waals surface area (Å²) in [7, 11) is 0. The second-order valence-corrected chi connectivity index (χ2v) is 4.07. The van der Waals surface area contributed by atoms with E-state index in [0.717, 1.165) is 0 Å². The van der Waals surface area contributed by atoms with Crippen molar-refractivity contribution >= 4 is 11.1 Å². The van der Waals surface area contributed by atoms with Gasteiger partial charge in [0.15, 0.2) is 0 Å². The number of aromatic nitrogens is 1. The predicted octanol–water partition coefficient (Wildman–Crippen LogP) is 1.85. The Balaban J connectivity index is 2.32. The highest BCUT2D eigenvalue weighted by Gasteiger charge is 2.09. The first-order chi connectivity index (χ1) is 9.15. The lowest BCUT2D eigenvalue weighted by atomic mass is 10.1. The molecule has 0 saturated heterocycles. The third-order valence-electron chi connectivity index (χ3n) is 2.79. The van der Waals surface area contributed by atoms with Gasteiger partial charge in [0.05, 0.1) is 0 Å². The molecule has 0 fully saturated rings. The first-order valence-electron chi connectivity index (χ1n) is 5.60. The number of fused-ring (bicyclic) bond motifs is 1. The summed E-state index contributed by atoms with van der Waals surface area (Å²) >= 11 is 0. The average Bonchev–Trinajstić information content (AvgIpc) is 2.41. The Bertz CT molecular complexity index is 859. The maximum absolute atomic E-state index is 11.9. The summed E-state index contributed by atoms with van der Waals surface area (Å²) in [6.45, 7) is 0. The molecule has 0 amide bonds. The van der Waals surface area contributed by atoms with E-state index in [1.54, 1.807) is 12.1 Å². The molecule has 0 radical (unpaired) electrons. The molecule has 0 saturated carbocycles. The lowest BCUT2D eigenvalue weighted by Gasteiger charge is -2.02. The van der Waals surface area contributed by atoms with Crippen LogP contribution in [0, 0.1) is 0 Å². The van der Waals surface area contributed by atoms with Gasteiger partial charge in [0, 0.05) is 23.9 Å². The number of aromatic hydroxyl groups is 1. The van der Waals surface area contributed by atoms with Crippen LogP contribution in [0.1, 0.15) is 0 Å². The summed E-state index contributed by atoms with van der Waals surface area (Å²) in [6, 6.07) is 8.78. The number of aromatic amines is 1. The van der Waals surface area contributed by atoms with E-state index >= 15 is 0 Å². The minimum atomic E-state index is -0.355. The van der Waals surface area contributed by atoms with Gasteiger partial charge in [0.1, 0.15) is 17.0 Å². The second-order valence-electron chi connectivity index (χ2n) is 4.07. The smallest absolute Gasteiger partial charge is 0.224 e. The van der Waals surface area contributed by atoms with Crippen LogP contribution in [0.25, 0.3) is 22.4 Å². The van der Waals surface area contributed by atoms with Crippen LogP contribution in [0.15, 0.2) is 56.6 Å². The molecule has 3 rings (SSSR count). The molecule has 19 heavy (non-hydrogen) atoms. The van der Waals surface area contributed by atoms with Crippen molar-refractivity contribution in [1.82, 2.24) is 4.98 Å². The molecule has 0 spiro atoms. The van der Waals surface area contributed by atoms with E-state index in [0.29, 0.717) is 5.56 Å². The Morgan fingerprint density at radius 1 is 1.00 bits per heavy atom. The van der Waals surface area contributed by atoms with Crippen molar-refractivity contribution in [2.75, 3.05) is 0 Å². The summed E-state index contributed by atoms with van der Waals surface area (Å²) in [5.41, 5.74) is 0.0849. The predicted molar refractivity (Wildman–Crippen MR) is 70.2 cm³/mol. The van der Waals surface area contributed by atoms with Gasteiger partial charge in [0.25, 0.3) is 0 Å². The van der Waals surface area contributed by atoms with Crippen molar-refractivity contribution in [2.45, 2.75) is 0 Å². The fourth-order valence-electron chi connectivity index (χ4n) is 1.85. The van der Waals surface area contributed by atoms with E-state index < -0.39 is 0 Å². The standard InChI is InChI=1S/C14H9NO4/c16-9-3-1-8(2-4-9)12-7-11(18)13-14(19-12)10(17)5-6-15-13/h1-7,16H,(H,15,17). The lowest BCUT2D eigenvalue weighted by molar-refractivity contribution is 0.475. The minimum Gasteiger partial charge on any atom is -0.508 e. The molecule has 2 N–H and O–H groups in total. The Morgan fingerprint density at radius 3 is 2.47 bits per heavy atom. The molecule has 0 atom stereocenters.